The third-order valence-corrected chi connectivity index (χ3v) is 7.29. The number of benzene rings is 2. The van der Waals surface area contributed by atoms with Crippen molar-refractivity contribution in [1.82, 2.24) is 14.7 Å². The number of phenols is 1. The lowest BCUT2D eigenvalue weighted by Gasteiger charge is -2.32. The number of carboxylic acids is 5. The largest absolute Gasteiger partial charge is 0.508 e. The minimum absolute atomic E-state index is 0.0539. The van der Waals surface area contributed by atoms with Crippen molar-refractivity contribution in [3.05, 3.63) is 50.9 Å². The van der Waals surface area contributed by atoms with Gasteiger partial charge in [-0.2, -0.15) is 0 Å². The van der Waals surface area contributed by atoms with Crippen LogP contribution in [0.3, 0.4) is 0 Å². The van der Waals surface area contributed by atoms with E-state index < -0.39 is 62.1 Å². The zero-order valence-electron chi connectivity index (χ0n) is 23.1. The van der Waals surface area contributed by atoms with Crippen LogP contribution in [-0.4, -0.2) is 134 Å². The molecule has 0 fully saturated rings. The van der Waals surface area contributed by atoms with Crippen LogP contribution < -0.4 is 4.74 Å². The zero-order valence-corrected chi connectivity index (χ0v) is 26.3. The Morgan fingerprint density at radius 2 is 1.09 bits per heavy atom. The summed E-state index contributed by atoms with van der Waals surface area (Å²) in [6.07, 6.45) is -0.0955. The van der Waals surface area contributed by atoms with Crippen molar-refractivity contribution in [3.8, 4) is 17.2 Å². The first-order valence-corrected chi connectivity index (χ1v) is 14.5. The lowest BCUT2D eigenvalue weighted by Crippen LogP contribution is -2.50. The number of phenolic OH excluding ortho intramolecular Hbond substituents is 1. The number of hydrogen-bond donors (Lipinski definition) is 6. The van der Waals surface area contributed by atoms with Gasteiger partial charge in [0.05, 0.1) is 35.1 Å². The van der Waals surface area contributed by atoms with Gasteiger partial charge in [-0.1, -0.05) is 0 Å². The summed E-state index contributed by atoms with van der Waals surface area (Å²) in [6, 6.07) is 8.01. The summed E-state index contributed by atoms with van der Waals surface area (Å²) >= 11 is 6.85. The van der Waals surface area contributed by atoms with E-state index in [0.717, 1.165) is 9.80 Å². The van der Waals surface area contributed by atoms with Crippen molar-refractivity contribution in [1.29, 1.82) is 0 Å². The van der Waals surface area contributed by atoms with Gasteiger partial charge in [0, 0.05) is 26.2 Å². The Bertz CT molecular complexity index is 1250. The molecule has 0 radical (unpaired) electrons. The molecule has 0 aromatic heterocycles. The van der Waals surface area contributed by atoms with Gasteiger partial charge in [-0.3, -0.25) is 38.7 Å². The van der Waals surface area contributed by atoms with Gasteiger partial charge in [0.25, 0.3) is 0 Å². The van der Waals surface area contributed by atoms with Crippen molar-refractivity contribution < 1.29 is 59.3 Å². The van der Waals surface area contributed by atoms with Crippen molar-refractivity contribution in [2.75, 3.05) is 52.4 Å². The highest BCUT2D eigenvalue weighted by atomic mass is 79.9. The van der Waals surface area contributed by atoms with E-state index in [1.54, 1.807) is 24.3 Å². The molecule has 0 saturated carbocycles. The van der Waals surface area contributed by atoms with Crippen LogP contribution in [-0.2, 0) is 30.4 Å². The Morgan fingerprint density at radius 1 is 0.682 bits per heavy atom. The lowest BCUT2D eigenvalue weighted by atomic mass is 10.0. The van der Waals surface area contributed by atoms with Crippen LogP contribution in [0.2, 0.25) is 0 Å². The van der Waals surface area contributed by atoms with E-state index in [1.807, 2.05) is 0 Å². The molecule has 1 atom stereocenters. The third kappa shape index (κ3) is 12.8. The number of ether oxygens (including phenoxy) is 1. The molecule has 0 saturated heterocycles. The first-order chi connectivity index (χ1) is 20.6. The second-order valence-corrected chi connectivity index (χ2v) is 11.3. The van der Waals surface area contributed by atoms with Gasteiger partial charge in [-0.25, -0.2) is 0 Å². The van der Waals surface area contributed by atoms with Crippen LogP contribution in [0.5, 0.6) is 17.2 Å². The van der Waals surface area contributed by atoms with Gasteiger partial charge in [0.1, 0.15) is 17.5 Å². The highest BCUT2D eigenvalue weighted by Gasteiger charge is 2.29. The first-order valence-electron chi connectivity index (χ1n) is 12.9. The predicted molar refractivity (Wildman–Crippen MR) is 160 cm³/mol. The van der Waals surface area contributed by atoms with Crippen LogP contribution in [0.15, 0.2) is 45.3 Å². The average Bonchev–Trinajstić information content (AvgIpc) is 2.89. The molecular formula is C27H31Br2N3O12. The molecule has 0 unspecified atom stereocenters. The van der Waals surface area contributed by atoms with Crippen molar-refractivity contribution in [2.24, 2.45) is 0 Å². The Balaban J connectivity index is 2.36. The van der Waals surface area contributed by atoms with E-state index in [2.05, 4.69) is 31.9 Å². The highest BCUT2D eigenvalue weighted by Crippen LogP contribution is 2.38. The molecule has 0 aliphatic rings. The predicted octanol–water partition coefficient (Wildman–Crippen LogP) is 1.95. The molecule has 2 aromatic carbocycles. The van der Waals surface area contributed by atoms with E-state index in [-0.39, 0.29) is 38.3 Å². The molecular weight excluding hydrogens is 718 g/mol. The van der Waals surface area contributed by atoms with E-state index >= 15 is 0 Å². The average molecular weight is 749 g/mol. The van der Waals surface area contributed by atoms with Crippen LogP contribution in [0.25, 0.3) is 0 Å². The van der Waals surface area contributed by atoms with E-state index in [1.165, 1.54) is 17.0 Å². The number of carbonyl (C=O) groups is 5. The molecule has 0 heterocycles. The van der Waals surface area contributed by atoms with Crippen LogP contribution in [0.4, 0.5) is 0 Å². The Kier molecular flexibility index (Phi) is 14.5. The summed E-state index contributed by atoms with van der Waals surface area (Å²) in [5, 5.41) is 56.5. The lowest BCUT2D eigenvalue weighted by molar-refractivity contribution is -0.146. The van der Waals surface area contributed by atoms with E-state index in [4.69, 9.17) is 4.74 Å². The Labute approximate surface area is 268 Å². The van der Waals surface area contributed by atoms with Gasteiger partial charge in [0.2, 0.25) is 0 Å². The maximum absolute atomic E-state index is 12.5. The second-order valence-electron chi connectivity index (χ2n) is 9.57. The minimum atomic E-state index is -1.29. The number of halogens is 2. The molecule has 0 aliphatic heterocycles. The highest BCUT2D eigenvalue weighted by molar-refractivity contribution is 9.11. The molecule has 15 nitrogen and oxygen atoms in total. The van der Waals surface area contributed by atoms with E-state index in [0.29, 0.717) is 26.0 Å². The first kappa shape index (κ1) is 36.4. The molecule has 0 aliphatic carbocycles. The van der Waals surface area contributed by atoms with Crippen LogP contribution >= 0.6 is 31.9 Å². The fraction of sp³-hybridized carbons (Fsp3) is 0.370. The Hall–Kier alpha value is -3.77. The second kappa shape index (κ2) is 17.5. The maximum atomic E-state index is 12.5. The molecule has 2 aromatic rings. The van der Waals surface area contributed by atoms with Gasteiger partial charge in [0.15, 0.2) is 5.75 Å². The molecule has 2 rings (SSSR count). The Morgan fingerprint density at radius 3 is 1.45 bits per heavy atom. The quantitative estimate of drug-likeness (QED) is 0.114. The molecule has 0 spiro atoms. The van der Waals surface area contributed by atoms with Gasteiger partial charge >= 0.3 is 29.8 Å². The summed E-state index contributed by atoms with van der Waals surface area (Å²) < 4.78 is 6.80. The topological polar surface area (TPSA) is 226 Å². The summed E-state index contributed by atoms with van der Waals surface area (Å²) in [4.78, 5) is 61.2. The fourth-order valence-electron chi connectivity index (χ4n) is 4.21. The normalized spacial score (nSPS) is 11.9. The standard InChI is InChI=1S/C27H31Br2N3O12/c28-19-9-16(10-20(29)26(19)44-18-3-1-17(33)2-4-18)11-21(27(42)43)32(7-5-30(12-22(34)35)13-23(36)37)8-6-31(14-24(38)39)15-25(40)41/h1-4,9-10,21,33H,5-8,11-15H2,(H,34,35)(H,36,37)(H,38,39)(H,40,41)(H,42,43)/t21-/m0/s1. The number of aromatic hydroxyl groups is 1. The molecule has 17 heteroatoms. The summed E-state index contributed by atoms with van der Waals surface area (Å²) in [5.41, 5.74) is 0.528. The smallest absolute Gasteiger partial charge is 0.321 e. The molecule has 0 amide bonds. The minimum Gasteiger partial charge on any atom is -0.508 e. The molecule has 0 bridgehead atoms. The molecule has 6 N–H and O–H groups in total. The van der Waals surface area contributed by atoms with Gasteiger partial charge < -0.3 is 35.4 Å². The zero-order chi connectivity index (χ0) is 33.0. The maximum Gasteiger partial charge on any atom is 0.321 e. The number of rotatable bonds is 20. The number of aliphatic carboxylic acids is 5. The van der Waals surface area contributed by atoms with Gasteiger partial charge in [-0.15, -0.1) is 0 Å². The van der Waals surface area contributed by atoms with Crippen molar-refractivity contribution >= 4 is 61.7 Å². The van der Waals surface area contributed by atoms with Crippen molar-refractivity contribution in [3.63, 3.8) is 0 Å². The summed E-state index contributed by atoms with van der Waals surface area (Å²) in [7, 11) is 0. The summed E-state index contributed by atoms with van der Waals surface area (Å²) in [6.45, 7) is -3.06. The SMILES string of the molecule is O=C(O)CN(CCN(CCN(CC(=O)O)CC(=O)O)[C@@H](Cc1cc(Br)c(Oc2ccc(O)cc2)c(Br)c1)C(=O)O)CC(=O)O. The number of hydrogen-bond acceptors (Lipinski definition) is 10. The van der Waals surface area contributed by atoms with Crippen LogP contribution in [0, 0.1) is 0 Å². The number of nitrogens with zero attached hydrogens (tertiary/aromatic N) is 3. The van der Waals surface area contributed by atoms with Crippen molar-refractivity contribution in [2.45, 2.75) is 12.5 Å². The fourth-order valence-corrected chi connectivity index (χ4v) is 5.66. The van der Waals surface area contributed by atoms with E-state index in [9.17, 15) is 54.6 Å². The molecule has 240 valence electrons. The van der Waals surface area contributed by atoms with Gasteiger partial charge in [-0.05, 0) is 80.2 Å². The third-order valence-electron chi connectivity index (χ3n) is 6.11. The number of carboxylic acid groups (broad SMARTS) is 5. The monoisotopic (exact) mass is 747 g/mol. The summed E-state index contributed by atoms with van der Waals surface area (Å²) in [5.74, 6) is -5.56. The molecule has 44 heavy (non-hydrogen) atoms. The van der Waals surface area contributed by atoms with Crippen LogP contribution in [0.1, 0.15) is 5.56 Å².